The second-order valence-electron chi connectivity index (χ2n) is 5.57. The second-order valence-corrected chi connectivity index (χ2v) is 7.92. The lowest BCUT2D eigenvalue weighted by molar-refractivity contribution is 0.0461. The molecular weight excluding hydrogens is 383 g/mol. The van der Waals surface area contributed by atoms with E-state index in [-0.39, 0.29) is 22.2 Å². The fourth-order valence-electron chi connectivity index (χ4n) is 2.45. The number of sulfonamides is 1. The van der Waals surface area contributed by atoms with Gasteiger partial charge in [0.2, 0.25) is 10.0 Å². The van der Waals surface area contributed by atoms with Gasteiger partial charge in [0.1, 0.15) is 23.0 Å². The molecule has 1 heterocycles. The number of aromatic nitrogens is 1. The van der Waals surface area contributed by atoms with Gasteiger partial charge in [0.25, 0.3) is 0 Å². The summed E-state index contributed by atoms with van der Waals surface area (Å²) in [4.78, 5) is 12.3. The SMILES string of the molecule is CCN(CC)S(=O)(=O)c1cc(C(=O)OCc2ccc(F)cc2Cl)n(C)c1. The van der Waals surface area contributed by atoms with Gasteiger partial charge in [-0.25, -0.2) is 17.6 Å². The maximum atomic E-state index is 13.0. The van der Waals surface area contributed by atoms with E-state index in [9.17, 15) is 17.6 Å². The normalized spacial score (nSPS) is 11.8. The zero-order valence-corrected chi connectivity index (χ0v) is 16.3. The summed E-state index contributed by atoms with van der Waals surface area (Å²) >= 11 is 5.90. The first kappa shape index (κ1) is 20.4. The minimum Gasteiger partial charge on any atom is -0.456 e. The van der Waals surface area contributed by atoms with Crippen LogP contribution in [0.5, 0.6) is 0 Å². The van der Waals surface area contributed by atoms with Crippen molar-refractivity contribution in [1.29, 1.82) is 0 Å². The van der Waals surface area contributed by atoms with Crippen LogP contribution in [0.3, 0.4) is 0 Å². The first-order chi connectivity index (χ1) is 12.2. The van der Waals surface area contributed by atoms with Crippen LogP contribution >= 0.6 is 11.6 Å². The smallest absolute Gasteiger partial charge is 0.355 e. The van der Waals surface area contributed by atoms with E-state index < -0.39 is 21.8 Å². The van der Waals surface area contributed by atoms with Crippen molar-refractivity contribution in [2.24, 2.45) is 7.05 Å². The minimum atomic E-state index is -3.67. The van der Waals surface area contributed by atoms with Gasteiger partial charge in [0.15, 0.2) is 0 Å². The van der Waals surface area contributed by atoms with Gasteiger partial charge in [-0.3, -0.25) is 0 Å². The van der Waals surface area contributed by atoms with Gasteiger partial charge >= 0.3 is 5.97 Å². The number of benzene rings is 1. The number of rotatable bonds is 7. The quantitative estimate of drug-likeness (QED) is 0.667. The van der Waals surface area contributed by atoms with Crippen molar-refractivity contribution in [2.75, 3.05) is 13.1 Å². The number of hydrogen-bond acceptors (Lipinski definition) is 4. The summed E-state index contributed by atoms with van der Waals surface area (Å²) in [6.07, 6.45) is 1.37. The molecule has 0 amide bonds. The Morgan fingerprint density at radius 3 is 2.50 bits per heavy atom. The Bertz CT molecular complexity index is 907. The Labute approximate surface area is 157 Å². The molecule has 0 radical (unpaired) electrons. The highest BCUT2D eigenvalue weighted by atomic mass is 35.5. The summed E-state index contributed by atoms with van der Waals surface area (Å²) in [6.45, 7) is 3.99. The molecule has 0 saturated heterocycles. The van der Waals surface area contributed by atoms with E-state index in [2.05, 4.69) is 0 Å². The van der Waals surface area contributed by atoms with Crippen molar-refractivity contribution in [3.8, 4) is 0 Å². The molecule has 0 fully saturated rings. The molecule has 0 bridgehead atoms. The fourth-order valence-corrected chi connectivity index (χ4v) is 4.20. The molecule has 9 heteroatoms. The van der Waals surface area contributed by atoms with Crippen molar-refractivity contribution in [3.63, 3.8) is 0 Å². The molecule has 1 aromatic heterocycles. The average molecular weight is 403 g/mol. The lowest BCUT2D eigenvalue weighted by atomic mass is 10.2. The predicted molar refractivity (Wildman–Crippen MR) is 96.0 cm³/mol. The Hall–Kier alpha value is -1.90. The number of carbonyl (C=O) groups is 1. The summed E-state index contributed by atoms with van der Waals surface area (Å²) < 4.78 is 46.0. The van der Waals surface area contributed by atoms with Crippen LogP contribution in [0.1, 0.15) is 29.9 Å². The predicted octanol–water partition coefficient (Wildman–Crippen LogP) is 3.21. The molecule has 0 spiro atoms. The highest BCUT2D eigenvalue weighted by Gasteiger charge is 2.26. The number of halogens is 2. The van der Waals surface area contributed by atoms with Gasteiger partial charge in [-0.2, -0.15) is 4.31 Å². The van der Waals surface area contributed by atoms with Crippen LogP contribution in [-0.4, -0.2) is 36.3 Å². The maximum absolute atomic E-state index is 13.0. The molecule has 2 aromatic rings. The number of nitrogens with zero attached hydrogens (tertiary/aromatic N) is 2. The van der Waals surface area contributed by atoms with Crippen LogP contribution < -0.4 is 0 Å². The zero-order valence-electron chi connectivity index (χ0n) is 14.7. The van der Waals surface area contributed by atoms with Crippen LogP contribution in [0.2, 0.25) is 5.02 Å². The molecule has 0 unspecified atom stereocenters. The van der Waals surface area contributed by atoms with Gasteiger partial charge in [-0.1, -0.05) is 31.5 Å². The molecule has 6 nitrogen and oxygen atoms in total. The van der Waals surface area contributed by atoms with Crippen molar-refractivity contribution in [2.45, 2.75) is 25.3 Å². The van der Waals surface area contributed by atoms with E-state index in [4.69, 9.17) is 16.3 Å². The zero-order chi connectivity index (χ0) is 19.5. The van der Waals surface area contributed by atoms with E-state index in [1.54, 1.807) is 20.9 Å². The highest BCUT2D eigenvalue weighted by Crippen LogP contribution is 2.21. The molecule has 0 aliphatic rings. The van der Waals surface area contributed by atoms with Crippen molar-refractivity contribution >= 4 is 27.6 Å². The largest absolute Gasteiger partial charge is 0.456 e. The number of esters is 1. The van der Waals surface area contributed by atoms with E-state index >= 15 is 0 Å². The van der Waals surface area contributed by atoms with Crippen LogP contribution in [0.25, 0.3) is 0 Å². The van der Waals surface area contributed by atoms with Gasteiger partial charge in [-0.15, -0.1) is 0 Å². The number of aryl methyl sites for hydroxylation is 1. The van der Waals surface area contributed by atoms with Crippen LogP contribution in [0.4, 0.5) is 4.39 Å². The van der Waals surface area contributed by atoms with Crippen molar-refractivity contribution in [3.05, 3.63) is 52.6 Å². The minimum absolute atomic E-state index is 0.0236. The Balaban J connectivity index is 2.19. The summed E-state index contributed by atoms with van der Waals surface area (Å²) in [7, 11) is -2.11. The standard InChI is InChI=1S/C17H20ClFN2O4S/c1-4-21(5-2)26(23,24)14-9-16(20(3)10-14)17(22)25-11-12-6-7-13(19)8-15(12)18/h6-10H,4-5,11H2,1-3H3. The number of hydrogen-bond donors (Lipinski definition) is 0. The summed E-state index contributed by atoms with van der Waals surface area (Å²) in [6, 6.07) is 5.04. The lowest BCUT2D eigenvalue weighted by Gasteiger charge is -2.17. The Morgan fingerprint density at radius 2 is 1.92 bits per heavy atom. The second kappa shape index (κ2) is 8.20. The van der Waals surface area contributed by atoms with Gasteiger partial charge in [0.05, 0.1) is 5.02 Å². The molecule has 0 atom stereocenters. The fraction of sp³-hybridized carbons (Fsp3) is 0.353. The van der Waals surface area contributed by atoms with Gasteiger partial charge in [0, 0.05) is 31.9 Å². The van der Waals surface area contributed by atoms with E-state index in [0.29, 0.717) is 18.7 Å². The molecule has 0 N–H and O–H groups in total. The molecule has 142 valence electrons. The molecule has 1 aromatic carbocycles. The number of ether oxygens (including phenoxy) is 1. The molecule has 0 aliphatic heterocycles. The third kappa shape index (κ3) is 4.25. The topological polar surface area (TPSA) is 68.6 Å². The molecular formula is C17H20ClFN2O4S. The summed E-state index contributed by atoms with van der Waals surface area (Å²) in [5.41, 5.74) is 0.542. The molecule has 2 rings (SSSR count). The van der Waals surface area contributed by atoms with Crippen molar-refractivity contribution in [1.82, 2.24) is 8.87 Å². The van der Waals surface area contributed by atoms with Gasteiger partial charge < -0.3 is 9.30 Å². The maximum Gasteiger partial charge on any atom is 0.355 e. The molecule has 26 heavy (non-hydrogen) atoms. The van der Waals surface area contributed by atoms with E-state index in [1.807, 2.05) is 0 Å². The average Bonchev–Trinajstić information content (AvgIpc) is 2.97. The van der Waals surface area contributed by atoms with Crippen LogP contribution in [0.15, 0.2) is 35.4 Å². The number of carbonyl (C=O) groups excluding carboxylic acids is 1. The van der Waals surface area contributed by atoms with Crippen molar-refractivity contribution < 1.29 is 22.3 Å². The molecule has 0 aliphatic carbocycles. The monoisotopic (exact) mass is 402 g/mol. The third-order valence-electron chi connectivity index (χ3n) is 3.91. The van der Waals surface area contributed by atoms with E-state index in [0.717, 1.165) is 6.07 Å². The molecule has 0 saturated carbocycles. The summed E-state index contributed by atoms with van der Waals surface area (Å²) in [5.74, 6) is -1.19. The first-order valence-electron chi connectivity index (χ1n) is 7.98. The first-order valence-corrected chi connectivity index (χ1v) is 9.80. The van der Waals surface area contributed by atoms with Gasteiger partial charge in [-0.05, 0) is 18.2 Å². The third-order valence-corrected chi connectivity index (χ3v) is 6.27. The summed E-state index contributed by atoms with van der Waals surface area (Å²) in [5, 5.41) is 0.148. The van der Waals surface area contributed by atoms with Crippen LogP contribution in [0, 0.1) is 5.82 Å². The highest BCUT2D eigenvalue weighted by molar-refractivity contribution is 7.89. The Morgan fingerprint density at radius 1 is 1.27 bits per heavy atom. The Kier molecular flexibility index (Phi) is 6.44. The van der Waals surface area contributed by atoms with Crippen LogP contribution in [-0.2, 0) is 28.4 Å². The van der Waals surface area contributed by atoms with E-state index in [1.165, 1.54) is 33.3 Å². The lowest BCUT2D eigenvalue weighted by Crippen LogP contribution is -2.30.